The van der Waals surface area contributed by atoms with Gasteiger partial charge in [0.15, 0.2) is 5.82 Å². The van der Waals surface area contributed by atoms with Crippen LogP contribution in [0.2, 0.25) is 0 Å². The molecule has 0 fully saturated rings. The molecule has 1 heterocycles. The van der Waals surface area contributed by atoms with E-state index in [0.717, 1.165) is 0 Å². The fourth-order valence-electron chi connectivity index (χ4n) is 1.26. The minimum absolute atomic E-state index is 0.0629. The van der Waals surface area contributed by atoms with Gasteiger partial charge < -0.3 is 20.8 Å². The standard InChI is InChI=1S/C9H16N6O2/c1-15(4-6(10)16)9-3-7(14-11)12-8(13-9)5-17-2/h3H,4-5,11H2,1-2H3,(H2,10,16)(H,12,13,14). The summed E-state index contributed by atoms with van der Waals surface area (Å²) in [5.74, 6) is 6.30. The molecule has 1 amide bonds. The molecule has 0 saturated heterocycles. The van der Waals surface area contributed by atoms with Crippen LogP contribution in [0.3, 0.4) is 0 Å². The molecule has 1 rings (SSSR count). The van der Waals surface area contributed by atoms with Crippen molar-refractivity contribution in [3.8, 4) is 0 Å². The highest BCUT2D eigenvalue weighted by Gasteiger charge is 2.09. The summed E-state index contributed by atoms with van der Waals surface area (Å²) in [4.78, 5) is 20.7. The first-order valence-corrected chi connectivity index (χ1v) is 4.89. The van der Waals surface area contributed by atoms with E-state index in [1.807, 2.05) is 0 Å². The molecule has 0 radical (unpaired) electrons. The van der Waals surface area contributed by atoms with E-state index in [4.69, 9.17) is 16.3 Å². The van der Waals surface area contributed by atoms with E-state index in [9.17, 15) is 4.79 Å². The van der Waals surface area contributed by atoms with Gasteiger partial charge >= 0.3 is 0 Å². The molecule has 1 aromatic heterocycles. The zero-order chi connectivity index (χ0) is 12.8. The van der Waals surface area contributed by atoms with Crippen molar-refractivity contribution in [1.82, 2.24) is 9.97 Å². The van der Waals surface area contributed by atoms with Crippen LogP contribution in [-0.2, 0) is 16.1 Å². The summed E-state index contributed by atoms with van der Waals surface area (Å²) in [6, 6.07) is 1.61. The summed E-state index contributed by atoms with van der Waals surface area (Å²) in [5, 5.41) is 0. The van der Waals surface area contributed by atoms with Gasteiger partial charge in [0, 0.05) is 20.2 Å². The average Bonchev–Trinajstić information content (AvgIpc) is 2.28. The van der Waals surface area contributed by atoms with Crippen molar-refractivity contribution in [2.24, 2.45) is 11.6 Å². The molecule has 8 nitrogen and oxygen atoms in total. The second-order valence-electron chi connectivity index (χ2n) is 3.43. The highest BCUT2D eigenvalue weighted by atomic mass is 16.5. The Balaban J connectivity index is 2.96. The smallest absolute Gasteiger partial charge is 0.236 e. The van der Waals surface area contributed by atoms with Crippen molar-refractivity contribution < 1.29 is 9.53 Å². The van der Waals surface area contributed by atoms with Crippen molar-refractivity contribution in [1.29, 1.82) is 0 Å². The number of primary amides is 1. The highest BCUT2D eigenvalue weighted by Crippen LogP contribution is 2.14. The number of amides is 1. The number of methoxy groups -OCH3 is 1. The number of hydrogen-bond donors (Lipinski definition) is 3. The molecular weight excluding hydrogens is 224 g/mol. The predicted octanol–water partition coefficient (Wildman–Crippen LogP) is -1.17. The lowest BCUT2D eigenvalue weighted by Crippen LogP contribution is -2.31. The summed E-state index contributed by atoms with van der Waals surface area (Å²) in [5.41, 5.74) is 7.53. The van der Waals surface area contributed by atoms with Crippen molar-refractivity contribution in [2.75, 3.05) is 31.0 Å². The van der Waals surface area contributed by atoms with Gasteiger partial charge in [-0.15, -0.1) is 0 Å². The van der Waals surface area contributed by atoms with Gasteiger partial charge in [0.1, 0.15) is 18.2 Å². The Labute approximate surface area is 98.9 Å². The maximum atomic E-state index is 10.8. The highest BCUT2D eigenvalue weighted by molar-refractivity contribution is 5.79. The van der Waals surface area contributed by atoms with E-state index in [1.54, 1.807) is 25.1 Å². The summed E-state index contributed by atoms with van der Waals surface area (Å²) in [6.45, 7) is 0.320. The molecule has 0 spiro atoms. The topological polar surface area (TPSA) is 119 Å². The van der Waals surface area contributed by atoms with Crippen molar-refractivity contribution in [3.05, 3.63) is 11.9 Å². The van der Waals surface area contributed by atoms with Gasteiger partial charge in [0.2, 0.25) is 5.91 Å². The SMILES string of the molecule is COCc1nc(NN)cc(N(C)CC(N)=O)n1. The van der Waals surface area contributed by atoms with E-state index >= 15 is 0 Å². The first-order valence-electron chi connectivity index (χ1n) is 4.89. The van der Waals surface area contributed by atoms with Crippen molar-refractivity contribution >= 4 is 17.5 Å². The number of nitrogens with one attached hydrogen (secondary N) is 1. The molecule has 0 aromatic carbocycles. The molecule has 17 heavy (non-hydrogen) atoms. The Hall–Kier alpha value is -1.93. The number of nitrogen functional groups attached to an aromatic ring is 1. The maximum absolute atomic E-state index is 10.8. The molecule has 8 heteroatoms. The molecule has 0 saturated carbocycles. The van der Waals surface area contributed by atoms with Crippen LogP contribution in [0.1, 0.15) is 5.82 Å². The Kier molecular flexibility index (Phi) is 4.61. The third kappa shape index (κ3) is 3.85. The molecule has 1 aromatic rings. The van der Waals surface area contributed by atoms with Gasteiger partial charge in [-0.1, -0.05) is 0 Å². The number of hydrogen-bond acceptors (Lipinski definition) is 7. The Bertz CT molecular complexity index is 397. The number of rotatable bonds is 6. The number of anilines is 2. The predicted molar refractivity (Wildman–Crippen MR) is 63.0 cm³/mol. The second kappa shape index (κ2) is 5.97. The van der Waals surface area contributed by atoms with Gasteiger partial charge in [0.05, 0.1) is 6.54 Å². The molecule has 0 aliphatic rings. The van der Waals surface area contributed by atoms with E-state index in [1.165, 1.54) is 0 Å². The van der Waals surface area contributed by atoms with Gasteiger partial charge in [0.25, 0.3) is 0 Å². The largest absolute Gasteiger partial charge is 0.377 e. The van der Waals surface area contributed by atoms with E-state index in [0.29, 0.717) is 17.5 Å². The number of nitrogens with zero attached hydrogens (tertiary/aromatic N) is 3. The second-order valence-corrected chi connectivity index (χ2v) is 3.43. The van der Waals surface area contributed by atoms with Gasteiger partial charge in [-0.25, -0.2) is 15.8 Å². The average molecular weight is 240 g/mol. The summed E-state index contributed by atoms with van der Waals surface area (Å²) >= 11 is 0. The number of carbonyl (C=O) groups is 1. The van der Waals surface area contributed by atoms with Crippen LogP contribution in [0.5, 0.6) is 0 Å². The number of hydrazine groups is 1. The fourth-order valence-corrected chi connectivity index (χ4v) is 1.26. The minimum atomic E-state index is -0.443. The molecule has 5 N–H and O–H groups in total. The Morgan fingerprint density at radius 3 is 2.82 bits per heavy atom. The molecule has 0 unspecified atom stereocenters. The van der Waals surface area contributed by atoms with Gasteiger partial charge in [-0.3, -0.25) is 4.79 Å². The van der Waals surface area contributed by atoms with Crippen LogP contribution < -0.4 is 21.9 Å². The third-order valence-corrected chi connectivity index (χ3v) is 1.96. The Morgan fingerprint density at radius 2 is 2.29 bits per heavy atom. The maximum Gasteiger partial charge on any atom is 0.236 e. The molecule has 0 aliphatic carbocycles. The number of likely N-dealkylation sites (N-methyl/N-ethyl adjacent to an activating group) is 1. The molecular formula is C9H16N6O2. The number of nitrogens with two attached hydrogens (primary N) is 2. The number of aromatic nitrogens is 2. The quantitative estimate of drug-likeness (QED) is 0.423. The lowest BCUT2D eigenvalue weighted by atomic mass is 10.4. The van der Waals surface area contributed by atoms with E-state index in [2.05, 4.69) is 15.4 Å². The van der Waals surface area contributed by atoms with Crippen molar-refractivity contribution in [3.63, 3.8) is 0 Å². The summed E-state index contributed by atoms with van der Waals surface area (Å²) < 4.78 is 4.94. The zero-order valence-electron chi connectivity index (χ0n) is 9.80. The van der Waals surface area contributed by atoms with Crippen LogP contribution in [0.25, 0.3) is 0 Å². The van der Waals surface area contributed by atoms with Gasteiger partial charge in [-0.05, 0) is 0 Å². The minimum Gasteiger partial charge on any atom is -0.377 e. The monoisotopic (exact) mass is 240 g/mol. The summed E-state index contributed by atoms with van der Waals surface area (Å²) in [7, 11) is 3.24. The van der Waals surface area contributed by atoms with E-state index in [-0.39, 0.29) is 13.2 Å². The van der Waals surface area contributed by atoms with Crippen LogP contribution in [0.15, 0.2) is 6.07 Å². The van der Waals surface area contributed by atoms with Crippen LogP contribution in [0.4, 0.5) is 11.6 Å². The normalized spacial score (nSPS) is 10.1. The Morgan fingerprint density at radius 1 is 1.59 bits per heavy atom. The van der Waals surface area contributed by atoms with Crippen LogP contribution in [-0.4, -0.2) is 36.6 Å². The number of carbonyl (C=O) groups excluding carboxylic acids is 1. The van der Waals surface area contributed by atoms with Gasteiger partial charge in [-0.2, -0.15) is 0 Å². The number of ether oxygens (including phenoxy) is 1. The first-order chi connectivity index (χ1) is 8.06. The molecule has 94 valence electrons. The van der Waals surface area contributed by atoms with Crippen molar-refractivity contribution in [2.45, 2.75) is 6.61 Å². The fraction of sp³-hybridized carbons (Fsp3) is 0.444. The van der Waals surface area contributed by atoms with Crippen LogP contribution in [0, 0.1) is 0 Å². The lowest BCUT2D eigenvalue weighted by molar-refractivity contribution is -0.116. The van der Waals surface area contributed by atoms with Crippen LogP contribution >= 0.6 is 0 Å². The first kappa shape index (κ1) is 13.1. The third-order valence-electron chi connectivity index (χ3n) is 1.96. The lowest BCUT2D eigenvalue weighted by Gasteiger charge is -2.17. The molecule has 0 aliphatic heterocycles. The zero-order valence-corrected chi connectivity index (χ0v) is 9.80. The summed E-state index contributed by atoms with van der Waals surface area (Å²) in [6.07, 6.45) is 0. The molecule has 0 bridgehead atoms. The molecule has 0 atom stereocenters. The van der Waals surface area contributed by atoms with E-state index < -0.39 is 5.91 Å².